The molecule has 0 aromatic heterocycles. The molecule has 0 aliphatic heterocycles. The lowest BCUT2D eigenvalue weighted by atomic mass is 10.4. The van der Waals surface area contributed by atoms with Gasteiger partial charge >= 0.3 is 0 Å². The molecular weight excluding hydrogens is 241 g/mol. The lowest BCUT2D eigenvalue weighted by Gasteiger charge is -2.16. The fourth-order valence-corrected chi connectivity index (χ4v) is 3.33. The van der Waals surface area contributed by atoms with Crippen molar-refractivity contribution < 1.29 is 13.8 Å². The Morgan fingerprint density at radius 2 is 2.00 bits per heavy atom. The van der Waals surface area contributed by atoms with Crippen molar-refractivity contribution in [3.8, 4) is 0 Å². The molecule has 84 valence electrons. The molecule has 0 aromatic carbocycles. The Morgan fingerprint density at radius 3 is 2.36 bits per heavy atom. The van der Waals surface area contributed by atoms with E-state index in [0.717, 1.165) is 0 Å². The zero-order valence-electron chi connectivity index (χ0n) is 8.77. The van der Waals surface area contributed by atoms with E-state index in [1.165, 1.54) is 25.6 Å². The molecule has 0 bridgehead atoms. The quantitative estimate of drug-likeness (QED) is 0.735. The summed E-state index contributed by atoms with van der Waals surface area (Å²) < 4.78 is 10.1. The van der Waals surface area contributed by atoms with Crippen molar-refractivity contribution in [3.05, 3.63) is 0 Å². The van der Waals surface area contributed by atoms with Gasteiger partial charge in [0.1, 0.15) is 0 Å². The van der Waals surface area contributed by atoms with Crippen LogP contribution in [0.1, 0.15) is 13.8 Å². The highest BCUT2D eigenvalue weighted by atomic mass is 32.9. The number of carbonyl (C=O) groups is 1. The van der Waals surface area contributed by atoms with Crippen LogP contribution in [0.3, 0.4) is 0 Å². The highest BCUT2D eigenvalue weighted by molar-refractivity contribution is 8.68. The molecular formula is C7H16NO3PS2. The number of amides is 1. The first-order valence-electron chi connectivity index (χ1n) is 4.09. The molecule has 0 unspecified atom stereocenters. The average molecular weight is 257 g/mol. The monoisotopic (exact) mass is 257 g/mol. The minimum absolute atomic E-state index is 0.0478. The number of hydrogen-bond donors (Lipinski definition) is 1. The summed E-state index contributed by atoms with van der Waals surface area (Å²) in [4.78, 5) is 11.3. The fourth-order valence-electron chi connectivity index (χ4n) is 0.681. The van der Waals surface area contributed by atoms with E-state index in [2.05, 4.69) is 5.32 Å². The van der Waals surface area contributed by atoms with Gasteiger partial charge in [-0.2, -0.15) is 0 Å². The van der Waals surface area contributed by atoms with Crippen molar-refractivity contribution in [2.75, 3.05) is 20.0 Å². The molecule has 7 heteroatoms. The van der Waals surface area contributed by atoms with Gasteiger partial charge in [0, 0.05) is 20.3 Å². The summed E-state index contributed by atoms with van der Waals surface area (Å²) in [6, 6.07) is 0.144. The van der Waals surface area contributed by atoms with E-state index < -0.39 is 5.69 Å². The largest absolute Gasteiger partial charge is 0.353 e. The van der Waals surface area contributed by atoms with Gasteiger partial charge < -0.3 is 14.4 Å². The van der Waals surface area contributed by atoms with Gasteiger partial charge in [-0.1, -0.05) is 11.4 Å². The summed E-state index contributed by atoms with van der Waals surface area (Å²) in [6.07, 6.45) is 0. The molecule has 0 saturated carbocycles. The van der Waals surface area contributed by atoms with Crippen LogP contribution < -0.4 is 5.32 Å². The van der Waals surface area contributed by atoms with Crippen LogP contribution in [0.4, 0.5) is 0 Å². The molecule has 0 rings (SSSR count). The van der Waals surface area contributed by atoms with Crippen LogP contribution in [-0.2, 0) is 25.6 Å². The van der Waals surface area contributed by atoms with Crippen molar-refractivity contribution in [2.24, 2.45) is 0 Å². The minimum atomic E-state index is -2.29. The molecule has 4 nitrogen and oxygen atoms in total. The predicted molar refractivity (Wildman–Crippen MR) is 64.0 cm³/mol. The number of rotatable bonds is 6. The zero-order valence-corrected chi connectivity index (χ0v) is 11.3. The van der Waals surface area contributed by atoms with E-state index in [1.807, 2.05) is 13.8 Å². The topological polar surface area (TPSA) is 47.6 Å². The Kier molecular flexibility index (Phi) is 6.99. The van der Waals surface area contributed by atoms with Crippen LogP contribution in [0, 0.1) is 0 Å². The van der Waals surface area contributed by atoms with Gasteiger partial charge in [0.25, 0.3) is 0 Å². The third-order valence-corrected chi connectivity index (χ3v) is 6.93. The summed E-state index contributed by atoms with van der Waals surface area (Å²) >= 11 is 6.33. The Bertz CT molecular complexity index is 227. The van der Waals surface area contributed by atoms with Crippen LogP contribution in [0.15, 0.2) is 0 Å². The van der Waals surface area contributed by atoms with Crippen molar-refractivity contribution in [1.82, 2.24) is 5.32 Å². The smallest absolute Gasteiger partial charge is 0.247 e. The van der Waals surface area contributed by atoms with Gasteiger partial charge in [-0.25, -0.2) is 0 Å². The van der Waals surface area contributed by atoms with Crippen molar-refractivity contribution in [2.45, 2.75) is 19.9 Å². The van der Waals surface area contributed by atoms with Gasteiger partial charge in [0.05, 0.1) is 5.75 Å². The van der Waals surface area contributed by atoms with Gasteiger partial charge in [0.15, 0.2) is 0 Å². The van der Waals surface area contributed by atoms with Gasteiger partial charge in [-0.3, -0.25) is 4.79 Å². The Morgan fingerprint density at radius 1 is 1.50 bits per heavy atom. The zero-order chi connectivity index (χ0) is 11.2. The molecule has 0 saturated heterocycles. The van der Waals surface area contributed by atoms with Gasteiger partial charge in [0.2, 0.25) is 11.6 Å². The Balaban J connectivity index is 3.93. The van der Waals surface area contributed by atoms with Crippen LogP contribution in [0.2, 0.25) is 0 Å². The van der Waals surface area contributed by atoms with Gasteiger partial charge in [-0.05, 0) is 25.7 Å². The van der Waals surface area contributed by atoms with Crippen LogP contribution in [-0.4, -0.2) is 31.9 Å². The lowest BCUT2D eigenvalue weighted by Crippen LogP contribution is -2.31. The molecule has 14 heavy (non-hydrogen) atoms. The molecule has 0 fully saturated rings. The van der Waals surface area contributed by atoms with Gasteiger partial charge in [-0.15, -0.1) is 0 Å². The summed E-state index contributed by atoms with van der Waals surface area (Å²) in [6.45, 7) is 3.82. The summed E-state index contributed by atoms with van der Waals surface area (Å²) in [7, 11) is 3.00. The molecule has 0 heterocycles. The van der Waals surface area contributed by atoms with E-state index in [1.54, 1.807) is 0 Å². The van der Waals surface area contributed by atoms with Crippen molar-refractivity contribution in [1.29, 1.82) is 0 Å². The molecule has 0 atom stereocenters. The number of nitrogens with one attached hydrogen (secondary N) is 1. The Labute approximate surface area is 94.0 Å². The summed E-state index contributed by atoms with van der Waals surface area (Å²) in [5, 5.41) is 2.76. The second-order valence-corrected chi connectivity index (χ2v) is 9.33. The van der Waals surface area contributed by atoms with Crippen LogP contribution in [0.5, 0.6) is 0 Å². The first-order valence-corrected chi connectivity index (χ1v) is 8.32. The molecule has 0 aliphatic rings. The summed E-state index contributed by atoms with van der Waals surface area (Å²) in [5.74, 6) is 0.227. The predicted octanol–water partition coefficient (Wildman–Crippen LogP) is 1.76. The maximum absolute atomic E-state index is 11.3. The highest BCUT2D eigenvalue weighted by Gasteiger charge is 2.18. The lowest BCUT2D eigenvalue weighted by molar-refractivity contribution is -0.119. The fraction of sp³-hybridized carbons (Fsp3) is 0.857. The average Bonchev–Trinajstić information content (AvgIpc) is 2.13. The van der Waals surface area contributed by atoms with Crippen LogP contribution >= 0.6 is 17.1 Å². The first kappa shape index (κ1) is 14.4. The molecule has 1 amide bonds. The van der Waals surface area contributed by atoms with Crippen molar-refractivity contribution >= 4 is 34.8 Å². The molecule has 0 aromatic rings. The van der Waals surface area contributed by atoms with Crippen molar-refractivity contribution in [3.63, 3.8) is 0 Å². The molecule has 1 N–H and O–H groups in total. The maximum atomic E-state index is 11.3. The molecule has 0 radical (unpaired) electrons. The second-order valence-electron chi connectivity index (χ2n) is 2.81. The van der Waals surface area contributed by atoms with E-state index >= 15 is 0 Å². The Hall–Kier alpha value is 0.390. The highest BCUT2D eigenvalue weighted by Crippen LogP contribution is 2.59. The first-order chi connectivity index (χ1) is 6.43. The van der Waals surface area contributed by atoms with E-state index in [4.69, 9.17) is 20.9 Å². The van der Waals surface area contributed by atoms with Crippen LogP contribution in [0.25, 0.3) is 0 Å². The standard InChI is InChI=1S/C7H16NO3PS2/c1-6(2)8-7(9)5-14-12(13,10-3)11-4/h6H,5H2,1-4H3,(H,8,9). The van der Waals surface area contributed by atoms with E-state index in [0.29, 0.717) is 0 Å². The number of hydrogen-bond acceptors (Lipinski definition) is 5. The maximum Gasteiger partial charge on any atom is 0.247 e. The minimum Gasteiger partial charge on any atom is -0.353 e. The third kappa shape index (κ3) is 5.98. The second kappa shape index (κ2) is 6.80. The van der Waals surface area contributed by atoms with E-state index in [-0.39, 0.29) is 17.7 Å². The normalized spacial score (nSPS) is 11.8. The molecule has 0 aliphatic carbocycles. The van der Waals surface area contributed by atoms with E-state index in [9.17, 15) is 4.79 Å². The SMILES string of the molecule is COP(=S)(OC)SCC(=O)NC(C)C. The number of carbonyl (C=O) groups excluding carboxylic acids is 1. The molecule has 0 spiro atoms. The third-order valence-electron chi connectivity index (χ3n) is 1.25. The summed E-state index contributed by atoms with van der Waals surface area (Å²) in [5.41, 5.74) is -2.29.